The first kappa shape index (κ1) is 21.5. The van der Waals surface area contributed by atoms with Crippen molar-refractivity contribution >= 4 is 15.7 Å². The number of carbonyl (C=O) groups is 1. The van der Waals surface area contributed by atoms with Crippen molar-refractivity contribution in [1.29, 1.82) is 0 Å². The third-order valence-corrected chi connectivity index (χ3v) is 7.61. The molecule has 1 amide bonds. The van der Waals surface area contributed by atoms with E-state index in [1.807, 2.05) is 6.92 Å². The maximum atomic E-state index is 12.5. The third kappa shape index (κ3) is 4.70. The molecule has 1 aliphatic rings. The molecular formula is C21H29N3O4S. The smallest absolute Gasteiger partial charge is 0.224 e. The molecule has 158 valence electrons. The highest BCUT2D eigenvalue weighted by atomic mass is 32.2. The lowest BCUT2D eigenvalue weighted by atomic mass is 9.95. The zero-order valence-corrected chi connectivity index (χ0v) is 18.0. The minimum absolute atomic E-state index is 0.0347. The van der Waals surface area contributed by atoms with E-state index in [4.69, 9.17) is 0 Å². The summed E-state index contributed by atoms with van der Waals surface area (Å²) in [5.41, 5.74) is 2.93. The Morgan fingerprint density at radius 3 is 2.62 bits per heavy atom. The van der Waals surface area contributed by atoms with E-state index in [1.54, 1.807) is 38.1 Å². The summed E-state index contributed by atoms with van der Waals surface area (Å²) in [5, 5.41) is 11.8. The van der Waals surface area contributed by atoms with Crippen LogP contribution in [-0.2, 0) is 40.4 Å². The van der Waals surface area contributed by atoms with Crippen LogP contribution in [0.15, 0.2) is 29.2 Å². The van der Waals surface area contributed by atoms with E-state index >= 15 is 0 Å². The zero-order chi connectivity index (χ0) is 21.2. The highest BCUT2D eigenvalue weighted by molar-refractivity contribution is 7.92. The molecule has 29 heavy (non-hydrogen) atoms. The summed E-state index contributed by atoms with van der Waals surface area (Å²) in [6, 6.07) is 6.58. The first-order valence-electron chi connectivity index (χ1n) is 10.00. The number of sulfone groups is 1. The van der Waals surface area contributed by atoms with Gasteiger partial charge in [-0.3, -0.25) is 4.79 Å². The van der Waals surface area contributed by atoms with Gasteiger partial charge in [-0.15, -0.1) is 0 Å². The van der Waals surface area contributed by atoms with Crippen molar-refractivity contribution in [2.45, 2.75) is 69.2 Å². The lowest BCUT2D eigenvalue weighted by molar-refractivity contribution is -0.121. The minimum Gasteiger partial charge on any atom is -0.395 e. The molecule has 0 fully saturated rings. The molecule has 0 saturated heterocycles. The number of carbonyl (C=O) groups excluding carboxylic acids is 1. The molecule has 1 atom stereocenters. The molecule has 7 nitrogen and oxygen atoms in total. The number of aromatic nitrogens is 2. The number of aliphatic hydroxyl groups excluding tert-OH is 1. The second-order valence-electron chi connectivity index (χ2n) is 7.85. The summed E-state index contributed by atoms with van der Waals surface area (Å²) in [5.74, 6) is 0.817. The number of aryl methyl sites for hydroxylation is 1. The van der Waals surface area contributed by atoms with E-state index in [2.05, 4.69) is 14.9 Å². The molecular weight excluding hydrogens is 390 g/mol. The van der Waals surface area contributed by atoms with Crippen LogP contribution in [-0.4, -0.2) is 46.9 Å². The number of amides is 1. The van der Waals surface area contributed by atoms with Gasteiger partial charge in [-0.05, 0) is 51.3 Å². The number of fused-ring (bicyclic) bond motifs is 1. The van der Waals surface area contributed by atoms with E-state index in [0.29, 0.717) is 13.0 Å². The summed E-state index contributed by atoms with van der Waals surface area (Å²) in [7, 11) is -3.30. The molecule has 1 aromatic carbocycles. The fourth-order valence-electron chi connectivity index (χ4n) is 3.81. The Morgan fingerprint density at radius 2 is 2.00 bits per heavy atom. The monoisotopic (exact) mass is 419 g/mol. The molecule has 3 rings (SSSR count). The van der Waals surface area contributed by atoms with Gasteiger partial charge in [0.1, 0.15) is 5.82 Å². The molecule has 1 heterocycles. The van der Waals surface area contributed by atoms with Crippen LogP contribution < -0.4 is 5.32 Å². The maximum absolute atomic E-state index is 12.5. The lowest BCUT2D eigenvalue weighted by Gasteiger charge is -2.24. The second-order valence-corrected chi connectivity index (χ2v) is 10.4. The van der Waals surface area contributed by atoms with E-state index in [1.165, 1.54) is 0 Å². The Balaban J connectivity index is 1.60. The van der Waals surface area contributed by atoms with Crippen molar-refractivity contribution in [2.75, 3.05) is 6.61 Å². The molecule has 1 aliphatic carbocycles. The number of rotatable bonds is 7. The van der Waals surface area contributed by atoms with Gasteiger partial charge in [0.2, 0.25) is 5.91 Å². The van der Waals surface area contributed by atoms with Crippen LogP contribution in [0, 0.1) is 6.92 Å². The molecule has 0 radical (unpaired) electrons. The maximum Gasteiger partial charge on any atom is 0.224 e. The summed E-state index contributed by atoms with van der Waals surface area (Å²) < 4.78 is 26.4. The van der Waals surface area contributed by atoms with Crippen molar-refractivity contribution in [3.05, 3.63) is 47.0 Å². The summed E-state index contributed by atoms with van der Waals surface area (Å²) >= 11 is 0. The number of nitrogens with zero attached hydrogens (tertiary/aromatic N) is 2. The molecule has 2 N–H and O–H groups in total. The Hall–Kier alpha value is -2.19. The van der Waals surface area contributed by atoms with E-state index in [9.17, 15) is 18.3 Å². The Morgan fingerprint density at radius 1 is 1.31 bits per heavy atom. The molecule has 0 aliphatic heterocycles. The van der Waals surface area contributed by atoms with Gasteiger partial charge in [-0.25, -0.2) is 13.4 Å². The van der Waals surface area contributed by atoms with Crippen molar-refractivity contribution in [3.63, 3.8) is 0 Å². The van der Waals surface area contributed by atoms with Gasteiger partial charge in [-0.2, -0.15) is 0 Å². The van der Waals surface area contributed by atoms with Crippen molar-refractivity contribution < 1.29 is 18.3 Å². The first-order chi connectivity index (χ1) is 13.7. The minimum atomic E-state index is -3.30. The molecule has 1 unspecified atom stereocenters. The van der Waals surface area contributed by atoms with Gasteiger partial charge < -0.3 is 15.0 Å². The quantitative estimate of drug-likeness (QED) is 0.710. The molecule has 1 aromatic heterocycles. The predicted octanol–water partition coefficient (Wildman–Crippen LogP) is 1.58. The standard InChI is InChI=1S/C21H29N3O4S/c1-14(2)29(27,28)18-7-4-16(5-8-18)12-21(26)23-17-6-9-20-19(13-17)22-15(3)24(20)10-11-25/h4-5,7-8,14,17,25H,6,9-13H2,1-3H3,(H,23,26). The number of imidazole rings is 1. The van der Waals surface area contributed by atoms with E-state index < -0.39 is 15.1 Å². The normalized spacial score (nSPS) is 16.7. The van der Waals surface area contributed by atoms with Crippen LogP contribution in [0.4, 0.5) is 0 Å². The van der Waals surface area contributed by atoms with Crippen LogP contribution in [0.25, 0.3) is 0 Å². The van der Waals surface area contributed by atoms with Crippen LogP contribution in [0.2, 0.25) is 0 Å². The fraction of sp³-hybridized carbons (Fsp3) is 0.524. The summed E-state index contributed by atoms with van der Waals surface area (Å²) in [4.78, 5) is 17.4. The predicted molar refractivity (Wildman–Crippen MR) is 110 cm³/mol. The summed E-state index contributed by atoms with van der Waals surface area (Å²) in [6.07, 6.45) is 2.55. The van der Waals surface area contributed by atoms with Gasteiger partial charge in [-0.1, -0.05) is 12.1 Å². The van der Waals surface area contributed by atoms with E-state index in [0.717, 1.165) is 35.6 Å². The number of hydrogen-bond donors (Lipinski definition) is 2. The fourth-order valence-corrected chi connectivity index (χ4v) is 4.87. The average molecular weight is 420 g/mol. The lowest BCUT2D eigenvalue weighted by Crippen LogP contribution is -2.40. The van der Waals surface area contributed by atoms with Crippen molar-refractivity contribution in [2.24, 2.45) is 0 Å². The van der Waals surface area contributed by atoms with Crippen LogP contribution >= 0.6 is 0 Å². The van der Waals surface area contributed by atoms with Gasteiger partial charge in [0, 0.05) is 24.7 Å². The summed E-state index contributed by atoms with van der Waals surface area (Å²) in [6.45, 7) is 5.88. The highest BCUT2D eigenvalue weighted by Crippen LogP contribution is 2.23. The average Bonchev–Trinajstić information content (AvgIpc) is 2.97. The number of nitrogens with one attached hydrogen (secondary N) is 1. The first-order valence-corrected chi connectivity index (χ1v) is 11.5. The molecule has 0 saturated carbocycles. The Labute approximate surface area is 172 Å². The molecule has 2 aromatic rings. The van der Waals surface area contributed by atoms with Gasteiger partial charge >= 0.3 is 0 Å². The van der Waals surface area contributed by atoms with E-state index in [-0.39, 0.29) is 29.9 Å². The Bertz CT molecular complexity index is 978. The molecule has 0 spiro atoms. The van der Waals surface area contributed by atoms with Crippen LogP contribution in [0.1, 0.15) is 43.0 Å². The number of hydrogen-bond acceptors (Lipinski definition) is 5. The van der Waals surface area contributed by atoms with Crippen LogP contribution in [0.5, 0.6) is 0 Å². The van der Waals surface area contributed by atoms with Crippen molar-refractivity contribution in [1.82, 2.24) is 14.9 Å². The third-order valence-electron chi connectivity index (χ3n) is 5.44. The SMILES string of the molecule is Cc1nc2c(n1CCO)CCC(NC(=O)Cc1ccc(S(=O)(=O)C(C)C)cc1)C2. The largest absolute Gasteiger partial charge is 0.395 e. The van der Waals surface area contributed by atoms with Crippen molar-refractivity contribution in [3.8, 4) is 0 Å². The molecule has 0 bridgehead atoms. The molecule has 8 heteroatoms. The zero-order valence-electron chi connectivity index (χ0n) is 17.2. The number of benzene rings is 1. The van der Waals surface area contributed by atoms with Crippen LogP contribution in [0.3, 0.4) is 0 Å². The number of aliphatic hydroxyl groups is 1. The van der Waals surface area contributed by atoms with Gasteiger partial charge in [0.25, 0.3) is 0 Å². The van der Waals surface area contributed by atoms with Gasteiger partial charge in [0.15, 0.2) is 9.84 Å². The highest BCUT2D eigenvalue weighted by Gasteiger charge is 2.25. The topological polar surface area (TPSA) is 101 Å². The Kier molecular flexibility index (Phi) is 6.43. The second kappa shape index (κ2) is 8.67. The van der Waals surface area contributed by atoms with Gasteiger partial charge in [0.05, 0.1) is 28.9 Å².